The highest BCUT2D eigenvalue weighted by atomic mass is 16.5. The lowest BCUT2D eigenvalue weighted by atomic mass is 10.1. The monoisotopic (exact) mass is 306 g/mol. The minimum Gasteiger partial charge on any atom is -0.493 e. The van der Waals surface area contributed by atoms with E-state index in [0.29, 0.717) is 17.9 Å². The summed E-state index contributed by atoms with van der Waals surface area (Å²) in [6.07, 6.45) is 0.510. The second kappa shape index (κ2) is 6.25. The van der Waals surface area contributed by atoms with E-state index in [0.717, 1.165) is 5.56 Å². The fraction of sp³-hybridized carbons (Fsp3) is 0.286. The summed E-state index contributed by atoms with van der Waals surface area (Å²) >= 11 is 0. The molecule has 0 spiro atoms. The molecule has 0 saturated carbocycles. The van der Waals surface area contributed by atoms with Crippen LogP contribution in [0.2, 0.25) is 0 Å². The lowest BCUT2D eigenvalue weighted by Crippen LogP contribution is -2.34. The molecule has 0 bridgehead atoms. The molecule has 0 saturated heterocycles. The Hall–Kier alpha value is -2.90. The summed E-state index contributed by atoms with van der Waals surface area (Å²) in [5.41, 5.74) is 10.8. The van der Waals surface area contributed by atoms with Crippen LogP contribution in [0.15, 0.2) is 27.8 Å². The lowest BCUT2D eigenvalue weighted by Gasteiger charge is -2.12. The number of aromatic amines is 1. The van der Waals surface area contributed by atoms with Gasteiger partial charge < -0.3 is 20.9 Å². The quantitative estimate of drug-likeness (QED) is 0.711. The van der Waals surface area contributed by atoms with E-state index in [1.807, 2.05) is 12.1 Å². The topological polar surface area (TPSA) is 125 Å². The molecule has 1 heterocycles. The third-order valence-corrected chi connectivity index (χ3v) is 3.35. The van der Waals surface area contributed by atoms with Crippen molar-refractivity contribution in [3.8, 4) is 11.5 Å². The summed E-state index contributed by atoms with van der Waals surface area (Å²) in [5, 5.41) is 0. The molecule has 8 heteroatoms. The van der Waals surface area contributed by atoms with Gasteiger partial charge in [-0.05, 0) is 24.1 Å². The van der Waals surface area contributed by atoms with Crippen LogP contribution in [-0.2, 0) is 13.0 Å². The summed E-state index contributed by atoms with van der Waals surface area (Å²) in [4.78, 5) is 25.2. The largest absolute Gasteiger partial charge is 0.493 e. The Kier molecular flexibility index (Phi) is 4.40. The van der Waals surface area contributed by atoms with Crippen molar-refractivity contribution in [3.63, 3.8) is 0 Å². The molecular formula is C14H18N4O4. The van der Waals surface area contributed by atoms with Crippen molar-refractivity contribution in [1.29, 1.82) is 0 Å². The number of nitrogens with one attached hydrogen (secondary N) is 1. The second-order valence-corrected chi connectivity index (χ2v) is 4.65. The van der Waals surface area contributed by atoms with Gasteiger partial charge in [-0.2, -0.15) is 0 Å². The predicted molar refractivity (Wildman–Crippen MR) is 83.4 cm³/mol. The van der Waals surface area contributed by atoms with Gasteiger partial charge >= 0.3 is 5.69 Å². The van der Waals surface area contributed by atoms with Gasteiger partial charge in [0.15, 0.2) is 11.5 Å². The van der Waals surface area contributed by atoms with Crippen LogP contribution in [0.25, 0.3) is 0 Å². The maximum atomic E-state index is 11.8. The molecule has 5 N–H and O–H groups in total. The number of ether oxygens (including phenoxy) is 2. The van der Waals surface area contributed by atoms with Gasteiger partial charge in [0.25, 0.3) is 5.56 Å². The number of methoxy groups -OCH3 is 2. The first-order valence-electron chi connectivity index (χ1n) is 6.57. The zero-order valence-corrected chi connectivity index (χ0v) is 12.4. The summed E-state index contributed by atoms with van der Waals surface area (Å²) < 4.78 is 11.6. The molecule has 118 valence electrons. The first-order chi connectivity index (χ1) is 10.5. The van der Waals surface area contributed by atoms with E-state index in [2.05, 4.69) is 4.98 Å². The Morgan fingerprint density at radius 1 is 1.14 bits per heavy atom. The minimum atomic E-state index is -0.676. The van der Waals surface area contributed by atoms with Gasteiger partial charge in [0.2, 0.25) is 0 Å². The van der Waals surface area contributed by atoms with Crippen LogP contribution in [0.4, 0.5) is 11.5 Å². The standard InChI is InChI=1S/C14H18N4O4/c1-21-9-4-3-8(7-10(9)22-2)5-6-18-12(16)11(15)13(19)17-14(18)20/h3-4,7H,5-6,15-16H2,1-2H3,(H,17,19,20). The van der Waals surface area contributed by atoms with Crippen LogP contribution < -0.4 is 32.2 Å². The van der Waals surface area contributed by atoms with Gasteiger partial charge in [-0.15, -0.1) is 0 Å². The van der Waals surface area contributed by atoms with Crippen molar-refractivity contribution >= 4 is 11.5 Å². The zero-order valence-electron chi connectivity index (χ0n) is 12.4. The lowest BCUT2D eigenvalue weighted by molar-refractivity contribution is 0.354. The number of H-pyrrole nitrogens is 1. The van der Waals surface area contributed by atoms with Crippen LogP contribution in [0, 0.1) is 0 Å². The Bertz CT molecular complexity index is 794. The van der Waals surface area contributed by atoms with Gasteiger partial charge in [0.05, 0.1) is 14.2 Å². The highest BCUT2D eigenvalue weighted by Gasteiger charge is 2.10. The smallest absolute Gasteiger partial charge is 0.330 e. The number of aromatic nitrogens is 2. The molecule has 0 radical (unpaired) electrons. The van der Waals surface area contributed by atoms with E-state index in [1.165, 1.54) is 4.57 Å². The number of aryl methyl sites for hydroxylation is 1. The van der Waals surface area contributed by atoms with Crippen molar-refractivity contribution in [2.45, 2.75) is 13.0 Å². The summed E-state index contributed by atoms with van der Waals surface area (Å²) in [6.45, 7) is 0.279. The molecule has 1 aromatic carbocycles. The molecule has 0 atom stereocenters. The van der Waals surface area contributed by atoms with E-state index in [4.69, 9.17) is 20.9 Å². The maximum Gasteiger partial charge on any atom is 0.330 e. The fourth-order valence-corrected chi connectivity index (χ4v) is 2.10. The molecule has 2 rings (SSSR count). The molecule has 0 aliphatic heterocycles. The number of benzene rings is 1. The number of nitrogens with zero attached hydrogens (tertiary/aromatic N) is 1. The van der Waals surface area contributed by atoms with E-state index in [1.54, 1.807) is 20.3 Å². The minimum absolute atomic E-state index is 0.0331. The molecule has 0 fully saturated rings. The number of nitrogens with two attached hydrogens (primary N) is 2. The Morgan fingerprint density at radius 3 is 2.45 bits per heavy atom. The average molecular weight is 306 g/mol. The summed E-state index contributed by atoms with van der Waals surface area (Å²) in [6, 6.07) is 5.45. The first-order valence-corrected chi connectivity index (χ1v) is 6.57. The van der Waals surface area contributed by atoms with E-state index < -0.39 is 11.2 Å². The fourth-order valence-electron chi connectivity index (χ4n) is 2.10. The van der Waals surface area contributed by atoms with Crippen molar-refractivity contribution in [2.75, 3.05) is 25.7 Å². The first kappa shape index (κ1) is 15.5. The molecule has 0 aliphatic rings. The molecule has 2 aromatic rings. The third kappa shape index (κ3) is 2.90. The number of nitrogen functional groups attached to an aromatic ring is 2. The van der Waals surface area contributed by atoms with E-state index in [-0.39, 0.29) is 18.1 Å². The van der Waals surface area contributed by atoms with Crippen molar-refractivity contribution in [1.82, 2.24) is 9.55 Å². The number of hydrogen-bond donors (Lipinski definition) is 3. The van der Waals surface area contributed by atoms with Crippen molar-refractivity contribution in [3.05, 3.63) is 44.6 Å². The van der Waals surface area contributed by atoms with Gasteiger partial charge in [-0.1, -0.05) is 6.07 Å². The highest BCUT2D eigenvalue weighted by molar-refractivity contribution is 5.56. The third-order valence-electron chi connectivity index (χ3n) is 3.35. The molecule has 22 heavy (non-hydrogen) atoms. The SMILES string of the molecule is COc1ccc(CCn2c(N)c(N)c(=O)[nH]c2=O)cc1OC. The molecule has 8 nitrogen and oxygen atoms in total. The normalized spacial score (nSPS) is 10.5. The maximum absolute atomic E-state index is 11.8. The van der Waals surface area contributed by atoms with Crippen LogP contribution in [-0.4, -0.2) is 23.8 Å². The van der Waals surface area contributed by atoms with Gasteiger partial charge in [0, 0.05) is 6.54 Å². The van der Waals surface area contributed by atoms with Crippen LogP contribution in [0.5, 0.6) is 11.5 Å². The molecule has 0 unspecified atom stereocenters. The number of rotatable bonds is 5. The Morgan fingerprint density at radius 2 is 1.82 bits per heavy atom. The average Bonchev–Trinajstić information content (AvgIpc) is 2.52. The van der Waals surface area contributed by atoms with E-state index >= 15 is 0 Å². The van der Waals surface area contributed by atoms with Gasteiger partial charge in [-0.3, -0.25) is 14.3 Å². The van der Waals surface area contributed by atoms with Crippen molar-refractivity contribution in [2.24, 2.45) is 0 Å². The molecule has 0 amide bonds. The molecule has 1 aromatic heterocycles. The van der Waals surface area contributed by atoms with Crippen LogP contribution >= 0.6 is 0 Å². The number of anilines is 2. The second-order valence-electron chi connectivity index (χ2n) is 4.65. The molecule has 0 aliphatic carbocycles. The zero-order chi connectivity index (χ0) is 16.3. The highest BCUT2D eigenvalue weighted by Crippen LogP contribution is 2.27. The Labute approximate surface area is 126 Å². The Balaban J connectivity index is 2.26. The molecular weight excluding hydrogens is 288 g/mol. The summed E-state index contributed by atoms with van der Waals surface area (Å²) in [7, 11) is 3.10. The van der Waals surface area contributed by atoms with Gasteiger partial charge in [-0.25, -0.2) is 4.79 Å². The summed E-state index contributed by atoms with van der Waals surface area (Å²) in [5.74, 6) is 1.19. The van der Waals surface area contributed by atoms with Crippen molar-refractivity contribution < 1.29 is 9.47 Å². The van der Waals surface area contributed by atoms with Crippen LogP contribution in [0.3, 0.4) is 0 Å². The predicted octanol–water partition coefficient (Wildman–Crippen LogP) is -0.0391. The number of hydrogen-bond acceptors (Lipinski definition) is 6. The van der Waals surface area contributed by atoms with E-state index in [9.17, 15) is 9.59 Å². The van der Waals surface area contributed by atoms with Crippen LogP contribution in [0.1, 0.15) is 5.56 Å². The van der Waals surface area contributed by atoms with Gasteiger partial charge in [0.1, 0.15) is 11.5 Å².